The van der Waals surface area contributed by atoms with Crippen molar-refractivity contribution in [2.75, 3.05) is 11.9 Å². The zero-order valence-electron chi connectivity index (χ0n) is 19.9. The van der Waals surface area contributed by atoms with Gasteiger partial charge < -0.3 is 10.2 Å². The summed E-state index contributed by atoms with van der Waals surface area (Å²) in [6.07, 6.45) is 2.64. The van der Waals surface area contributed by atoms with E-state index in [0.29, 0.717) is 30.0 Å². The maximum atomic E-state index is 15.2. The van der Waals surface area contributed by atoms with Crippen molar-refractivity contribution in [3.63, 3.8) is 0 Å². The first-order valence-electron chi connectivity index (χ1n) is 11.3. The number of halogens is 4. The topological polar surface area (TPSA) is 58.1 Å². The third-order valence-corrected chi connectivity index (χ3v) is 6.24. The summed E-state index contributed by atoms with van der Waals surface area (Å²) in [5, 5.41) is 3.09. The second kappa shape index (κ2) is 9.28. The predicted molar refractivity (Wildman–Crippen MR) is 125 cm³/mol. The Balaban J connectivity index is 1.68. The fraction of sp³-hybridized carbons (Fsp3) is 0.346. The lowest BCUT2D eigenvalue weighted by Crippen LogP contribution is -2.22. The molecular formula is C26H26F4N4O. The van der Waals surface area contributed by atoms with Crippen LogP contribution in [0.4, 0.5) is 23.4 Å². The second-order valence-corrected chi connectivity index (χ2v) is 9.06. The van der Waals surface area contributed by atoms with Crippen LogP contribution in [0.2, 0.25) is 0 Å². The van der Waals surface area contributed by atoms with Crippen LogP contribution < -0.4 is 5.32 Å². The molecule has 0 saturated heterocycles. The average Bonchev–Trinajstić information content (AvgIpc) is 3.15. The van der Waals surface area contributed by atoms with Gasteiger partial charge in [0.1, 0.15) is 29.8 Å². The third kappa shape index (κ3) is 4.59. The molecule has 1 N–H and O–H groups in total. The lowest BCUT2D eigenvalue weighted by molar-refractivity contribution is 0.0787. The van der Waals surface area contributed by atoms with Crippen LogP contribution in [0.5, 0.6) is 0 Å². The van der Waals surface area contributed by atoms with Crippen LogP contribution in [0.3, 0.4) is 0 Å². The first-order chi connectivity index (χ1) is 16.5. The Bertz CT molecular complexity index is 1290. The van der Waals surface area contributed by atoms with Gasteiger partial charge in [0.05, 0.1) is 18.3 Å². The highest BCUT2D eigenvalue weighted by Crippen LogP contribution is 2.35. The molecule has 1 atom stereocenters. The van der Waals surface area contributed by atoms with Crippen LogP contribution >= 0.6 is 0 Å². The number of nitrogens with zero attached hydrogens (tertiary/aromatic N) is 3. The van der Waals surface area contributed by atoms with Gasteiger partial charge in [0, 0.05) is 46.8 Å². The number of aromatic nitrogens is 2. The summed E-state index contributed by atoms with van der Waals surface area (Å²) in [6, 6.07) is 4.22. The molecule has 0 spiro atoms. The Morgan fingerprint density at radius 2 is 1.86 bits per heavy atom. The molecule has 5 nitrogen and oxygen atoms in total. The standard InChI is InChI=1S/C26H26F4N4O/c1-5-34-13-20-16(25(34)35)6-7-31-24(20)33-14(2)17-8-22(29)19(9-21(17)28)18-10-23(26(3,4)30)32-12-15(18)11-27/h6-10,12,14H,5,11,13H2,1-4H3,(H,31,33)/t14-/m0/s1. The molecule has 0 saturated carbocycles. The summed E-state index contributed by atoms with van der Waals surface area (Å²) < 4.78 is 58.4. The van der Waals surface area contributed by atoms with E-state index in [4.69, 9.17) is 0 Å². The molecule has 3 heterocycles. The summed E-state index contributed by atoms with van der Waals surface area (Å²) in [7, 11) is 0. The first-order valence-corrected chi connectivity index (χ1v) is 11.3. The van der Waals surface area contributed by atoms with Crippen LogP contribution in [0, 0.1) is 11.6 Å². The lowest BCUT2D eigenvalue weighted by Gasteiger charge is -2.20. The fourth-order valence-electron chi connectivity index (χ4n) is 4.21. The van der Waals surface area contributed by atoms with Gasteiger partial charge in [-0.3, -0.25) is 9.78 Å². The monoisotopic (exact) mass is 486 g/mol. The fourth-order valence-corrected chi connectivity index (χ4v) is 4.21. The number of carbonyl (C=O) groups is 1. The molecule has 1 aromatic carbocycles. The van der Waals surface area contributed by atoms with Crippen LogP contribution in [-0.2, 0) is 18.9 Å². The number of rotatable bonds is 7. The number of fused-ring (bicyclic) bond motifs is 1. The molecule has 3 aromatic rings. The van der Waals surface area contributed by atoms with E-state index in [1.54, 1.807) is 17.9 Å². The largest absolute Gasteiger partial charge is 0.363 e. The molecule has 1 amide bonds. The molecule has 1 aliphatic heterocycles. The minimum absolute atomic E-state index is 0.0108. The first kappa shape index (κ1) is 24.6. The van der Waals surface area contributed by atoms with Crippen molar-refractivity contribution in [1.82, 2.24) is 14.9 Å². The highest BCUT2D eigenvalue weighted by atomic mass is 19.1. The van der Waals surface area contributed by atoms with Gasteiger partial charge >= 0.3 is 0 Å². The molecule has 2 aromatic heterocycles. The maximum Gasteiger partial charge on any atom is 0.254 e. The van der Waals surface area contributed by atoms with Crippen molar-refractivity contribution < 1.29 is 22.4 Å². The van der Waals surface area contributed by atoms with Crippen LogP contribution in [0.15, 0.2) is 36.7 Å². The van der Waals surface area contributed by atoms with Gasteiger partial charge in [-0.05, 0) is 57.5 Å². The third-order valence-electron chi connectivity index (χ3n) is 6.24. The Kier molecular flexibility index (Phi) is 6.53. The normalized spacial score (nSPS) is 14.3. The van der Waals surface area contributed by atoms with Crippen molar-refractivity contribution in [3.05, 3.63) is 76.2 Å². The van der Waals surface area contributed by atoms with Crippen molar-refractivity contribution in [3.8, 4) is 11.1 Å². The van der Waals surface area contributed by atoms with Gasteiger partial charge in [0.25, 0.3) is 5.91 Å². The van der Waals surface area contributed by atoms with E-state index >= 15 is 8.78 Å². The summed E-state index contributed by atoms with van der Waals surface area (Å²) in [4.78, 5) is 22.3. The summed E-state index contributed by atoms with van der Waals surface area (Å²) in [5.74, 6) is -1.18. The molecule has 0 bridgehead atoms. The summed E-state index contributed by atoms with van der Waals surface area (Å²) >= 11 is 0. The van der Waals surface area contributed by atoms with E-state index < -0.39 is 30.0 Å². The zero-order valence-corrected chi connectivity index (χ0v) is 19.9. The van der Waals surface area contributed by atoms with E-state index in [1.165, 1.54) is 26.1 Å². The minimum Gasteiger partial charge on any atom is -0.363 e. The summed E-state index contributed by atoms with van der Waals surface area (Å²) in [5.41, 5.74) is -0.684. The molecular weight excluding hydrogens is 460 g/mol. The van der Waals surface area contributed by atoms with Crippen molar-refractivity contribution >= 4 is 11.7 Å². The molecule has 184 valence electrons. The number of anilines is 1. The summed E-state index contributed by atoms with van der Waals surface area (Å²) in [6.45, 7) is 6.05. The van der Waals surface area contributed by atoms with Crippen molar-refractivity contribution in [2.45, 2.75) is 52.6 Å². The number of amides is 1. The number of hydrogen-bond acceptors (Lipinski definition) is 4. The highest BCUT2D eigenvalue weighted by molar-refractivity contribution is 5.99. The molecule has 1 aliphatic rings. The number of alkyl halides is 2. The Labute approximate surface area is 201 Å². The van der Waals surface area contributed by atoms with E-state index in [0.717, 1.165) is 18.3 Å². The average molecular weight is 487 g/mol. The number of pyridine rings is 2. The number of carbonyl (C=O) groups excluding carboxylic acids is 1. The highest BCUT2D eigenvalue weighted by Gasteiger charge is 2.30. The Hall–Kier alpha value is -3.49. The molecule has 4 rings (SSSR count). The predicted octanol–water partition coefficient (Wildman–Crippen LogP) is 6.24. The molecule has 0 unspecified atom stereocenters. The minimum atomic E-state index is -1.84. The second-order valence-electron chi connectivity index (χ2n) is 9.06. The van der Waals surface area contributed by atoms with Crippen molar-refractivity contribution in [2.24, 2.45) is 0 Å². The van der Waals surface area contributed by atoms with Crippen LogP contribution in [0.1, 0.15) is 66.5 Å². The Morgan fingerprint density at radius 3 is 2.51 bits per heavy atom. The van der Waals surface area contributed by atoms with Gasteiger partial charge in [0.2, 0.25) is 0 Å². The van der Waals surface area contributed by atoms with Gasteiger partial charge in [-0.15, -0.1) is 0 Å². The quantitative estimate of drug-likeness (QED) is 0.402. The van der Waals surface area contributed by atoms with Gasteiger partial charge in [-0.25, -0.2) is 22.5 Å². The zero-order chi connectivity index (χ0) is 25.5. The number of benzene rings is 1. The molecule has 0 fully saturated rings. The van der Waals surface area contributed by atoms with E-state index in [2.05, 4.69) is 15.3 Å². The smallest absolute Gasteiger partial charge is 0.254 e. The van der Waals surface area contributed by atoms with Gasteiger partial charge in [-0.2, -0.15) is 0 Å². The van der Waals surface area contributed by atoms with Crippen LogP contribution in [0.25, 0.3) is 11.1 Å². The van der Waals surface area contributed by atoms with Gasteiger partial charge in [0.15, 0.2) is 0 Å². The van der Waals surface area contributed by atoms with E-state index in [9.17, 15) is 13.6 Å². The van der Waals surface area contributed by atoms with Crippen molar-refractivity contribution in [1.29, 1.82) is 0 Å². The molecule has 0 radical (unpaired) electrons. The number of nitrogens with one attached hydrogen (secondary N) is 1. The molecule has 9 heteroatoms. The SMILES string of the molecule is CCN1Cc2c(ccnc2N[C@@H](C)c2cc(F)c(-c3cc(C(C)(C)F)ncc3CF)cc2F)C1=O. The van der Waals surface area contributed by atoms with E-state index in [-0.39, 0.29) is 33.9 Å². The Morgan fingerprint density at radius 1 is 1.11 bits per heavy atom. The van der Waals surface area contributed by atoms with Crippen LogP contribution in [-0.4, -0.2) is 27.3 Å². The van der Waals surface area contributed by atoms with Gasteiger partial charge in [-0.1, -0.05) is 0 Å². The van der Waals surface area contributed by atoms with E-state index in [1.807, 2.05) is 6.92 Å². The molecule has 35 heavy (non-hydrogen) atoms. The maximum absolute atomic E-state index is 15.2. The molecule has 0 aliphatic carbocycles. The number of hydrogen-bond donors (Lipinski definition) is 1. The lowest BCUT2D eigenvalue weighted by atomic mass is 9.95.